The summed E-state index contributed by atoms with van der Waals surface area (Å²) in [5, 5.41) is 32.2. The van der Waals surface area contributed by atoms with Crippen LogP contribution in [0.5, 0.6) is 0 Å². The number of carbonyl (C=O) groups excluding carboxylic acids is 1. The molecule has 1 aliphatic heterocycles. The van der Waals surface area contributed by atoms with Gasteiger partial charge in [0, 0.05) is 6.61 Å². The molecular weight excluding hydrogens is 440 g/mol. The predicted octanol–water partition coefficient (Wildman–Crippen LogP) is 5.50. The Bertz CT molecular complexity index is 926. The summed E-state index contributed by atoms with van der Waals surface area (Å²) in [6, 6.07) is 0. The van der Waals surface area contributed by atoms with Crippen LogP contribution in [0.2, 0.25) is 0 Å². The molecule has 0 unspecified atom stereocenters. The van der Waals surface area contributed by atoms with Gasteiger partial charge >= 0.3 is 0 Å². The molecule has 2 fully saturated rings. The van der Waals surface area contributed by atoms with E-state index in [4.69, 9.17) is 4.74 Å². The monoisotopic (exact) mass is 484 g/mol. The molecule has 1 saturated carbocycles. The van der Waals surface area contributed by atoms with E-state index in [2.05, 4.69) is 26.0 Å². The summed E-state index contributed by atoms with van der Waals surface area (Å²) < 4.78 is 6.01. The number of allylic oxidation sites excluding steroid dienone is 11. The highest BCUT2D eigenvalue weighted by molar-refractivity contribution is 5.74. The number of ether oxygens (including phenoxy) is 1. The molecule has 5 nitrogen and oxygen atoms in total. The maximum absolute atomic E-state index is 11.6. The number of aliphatic hydroxyl groups excluding tert-OH is 2. The summed E-state index contributed by atoms with van der Waals surface area (Å²) >= 11 is 0. The van der Waals surface area contributed by atoms with Crippen LogP contribution < -0.4 is 0 Å². The summed E-state index contributed by atoms with van der Waals surface area (Å²) in [4.78, 5) is 11.6. The van der Waals surface area contributed by atoms with E-state index < -0.39 is 17.3 Å². The van der Waals surface area contributed by atoms with Gasteiger partial charge in [0.05, 0.1) is 17.1 Å². The Morgan fingerprint density at radius 1 is 1.09 bits per heavy atom. The van der Waals surface area contributed by atoms with Crippen molar-refractivity contribution in [3.8, 4) is 0 Å². The van der Waals surface area contributed by atoms with E-state index in [1.807, 2.05) is 44.2 Å². The fourth-order valence-corrected chi connectivity index (χ4v) is 5.56. The third-order valence-electron chi connectivity index (χ3n) is 7.50. The minimum absolute atomic E-state index is 0.0167. The number of hydrogen-bond acceptors (Lipinski definition) is 5. The molecule has 0 amide bonds. The SMILES string of the molecule is CC(C)=C/C=C/C(C)=C/C=C/C(C)=C/[C@@H]1C[C@]2([C@H](CCCO)/C(=C(/C)C=O)CC[C@]2(C)O)[C@@H](O)O1. The number of aliphatic hydroxyl groups is 3. The van der Waals surface area contributed by atoms with Crippen molar-refractivity contribution in [2.75, 3.05) is 6.61 Å². The Morgan fingerprint density at radius 3 is 2.37 bits per heavy atom. The molecule has 0 radical (unpaired) electrons. The van der Waals surface area contributed by atoms with E-state index >= 15 is 0 Å². The Hall–Kier alpha value is -2.05. The lowest BCUT2D eigenvalue weighted by atomic mass is 9.53. The molecule has 5 heteroatoms. The van der Waals surface area contributed by atoms with E-state index in [0.717, 1.165) is 23.0 Å². The molecule has 35 heavy (non-hydrogen) atoms. The molecule has 0 aromatic heterocycles. The summed E-state index contributed by atoms with van der Waals surface area (Å²) in [5.41, 5.74) is 2.88. The number of hydrogen-bond donors (Lipinski definition) is 3. The van der Waals surface area contributed by atoms with Crippen molar-refractivity contribution in [2.45, 2.75) is 91.6 Å². The van der Waals surface area contributed by atoms with Crippen molar-refractivity contribution in [2.24, 2.45) is 11.3 Å². The van der Waals surface area contributed by atoms with Gasteiger partial charge in [-0.2, -0.15) is 0 Å². The number of aldehydes is 1. The third kappa shape index (κ3) is 7.01. The van der Waals surface area contributed by atoms with Crippen LogP contribution in [0.25, 0.3) is 0 Å². The highest BCUT2D eigenvalue weighted by Crippen LogP contribution is 2.60. The van der Waals surface area contributed by atoms with Crippen LogP contribution in [0, 0.1) is 11.3 Å². The fourth-order valence-electron chi connectivity index (χ4n) is 5.56. The summed E-state index contributed by atoms with van der Waals surface area (Å²) in [7, 11) is 0. The average Bonchev–Trinajstić information content (AvgIpc) is 3.10. The molecule has 0 bridgehead atoms. The van der Waals surface area contributed by atoms with Crippen LogP contribution in [0.15, 0.2) is 70.4 Å². The van der Waals surface area contributed by atoms with Crippen LogP contribution in [-0.2, 0) is 9.53 Å². The predicted molar refractivity (Wildman–Crippen MR) is 142 cm³/mol. The van der Waals surface area contributed by atoms with Crippen LogP contribution in [0.4, 0.5) is 0 Å². The molecule has 1 heterocycles. The first-order valence-corrected chi connectivity index (χ1v) is 12.6. The lowest BCUT2D eigenvalue weighted by molar-refractivity contribution is -0.219. The van der Waals surface area contributed by atoms with Gasteiger partial charge in [-0.3, -0.25) is 4.79 Å². The second-order valence-corrected chi connectivity index (χ2v) is 10.6. The Kier molecular flexibility index (Phi) is 10.6. The third-order valence-corrected chi connectivity index (χ3v) is 7.50. The highest BCUT2D eigenvalue weighted by Gasteiger charge is 2.64. The summed E-state index contributed by atoms with van der Waals surface area (Å²) in [6.45, 7) is 11.7. The lowest BCUT2D eigenvalue weighted by Crippen LogP contribution is -2.58. The topological polar surface area (TPSA) is 87.0 Å². The van der Waals surface area contributed by atoms with Crippen LogP contribution in [-0.4, -0.2) is 46.2 Å². The number of carbonyl (C=O) groups is 1. The van der Waals surface area contributed by atoms with E-state index in [1.165, 1.54) is 5.57 Å². The van der Waals surface area contributed by atoms with Gasteiger partial charge < -0.3 is 20.1 Å². The first-order valence-electron chi connectivity index (χ1n) is 12.6. The summed E-state index contributed by atoms with van der Waals surface area (Å²) in [5.74, 6) is -0.244. The Morgan fingerprint density at radius 2 is 1.74 bits per heavy atom. The average molecular weight is 485 g/mol. The minimum atomic E-state index is -1.17. The zero-order valence-corrected chi connectivity index (χ0v) is 22.3. The van der Waals surface area contributed by atoms with Crippen LogP contribution in [0.3, 0.4) is 0 Å². The molecule has 1 saturated heterocycles. The van der Waals surface area contributed by atoms with Gasteiger partial charge in [0.2, 0.25) is 0 Å². The van der Waals surface area contributed by atoms with Crippen molar-refractivity contribution in [3.63, 3.8) is 0 Å². The molecule has 3 N–H and O–H groups in total. The Balaban J connectivity index is 2.30. The maximum atomic E-state index is 11.6. The van der Waals surface area contributed by atoms with E-state index in [0.29, 0.717) is 37.7 Å². The molecule has 2 rings (SSSR count). The largest absolute Gasteiger partial charge is 0.396 e. The first-order chi connectivity index (χ1) is 16.5. The Labute approximate surface area is 211 Å². The smallest absolute Gasteiger partial charge is 0.164 e. The van der Waals surface area contributed by atoms with Gasteiger partial charge in [0.25, 0.3) is 0 Å². The molecule has 1 aliphatic carbocycles. The van der Waals surface area contributed by atoms with E-state index in [1.54, 1.807) is 13.8 Å². The van der Waals surface area contributed by atoms with Crippen molar-refractivity contribution >= 4 is 6.29 Å². The molecule has 0 aromatic rings. The lowest BCUT2D eigenvalue weighted by Gasteiger charge is -2.53. The van der Waals surface area contributed by atoms with Crippen molar-refractivity contribution in [1.82, 2.24) is 0 Å². The zero-order chi connectivity index (χ0) is 26.2. The number of rotatable bonds is 9. The molecule has 0 aromatic carbocycles. The quantitative estimate of drug-likeness (QED) is 0.229. The molecule has 194 valence electrons. The van der Waals surface area contributed by atoms with Gasteiger partial charge in [-0.1, -0.05) is 64.8 Å². The van der Waals surface area contributed by atoms with Crippen LogP contribution in [0.1, 0.15) is 73.6 Å². The van der Waals surface area contributed by atoms with Crippen molar-refractivity contribution in [1.29, 1.82) is 0 Å². The normalized spacial score (nSPS) is 33.7. The van der Waals surface area contributed by atoms with Gasteiger partial charge in [-0.25, -0.2) is 0 Å². The minimum Gasteiger partial charge on any atom is -0.396 e. The maximum Gasteiger partial charge on any atom is 0.164 e. The standard InChI is InChI=1S/C30H44O5/c1-21(2)10-7-11-22(3)12-8-13-23(4)18-25-19-30(28(33)35-25)27(14-9-17-31)26(24(5)20-32)15-16-29(30,6)34/h7-8,10-13,18,20,25,27-28,31,33-34H,9,14-17,19H2,1-6H3/b11-7+,13-8+,22-12+,23-18+,26-24-/t25-,27-,28+,29+,30+/m1/s1. The second-order valence-electron chi connectivity index (χ2n) is 10.6. The van der Waals surface area contributed by atoms with E-state index in [-0.39, 0.29) is 18.6 Å². The van der Waals surface area contributed by atoms with E-state index in [9.17, 15) is 20.1 Å². The highest BCUT2D eigenvalue weighted by atomic mass is 16.6. The molecule has 2 aliphatic rings. The van der Waals surface area contributed by atoms with Crippen molar-refractivity contribution < 1.29 is 24.9 Å². The van der Waals surface area contributed by atoms with Gasteiger partial charge in [-0.05, 0) is 85.1 Å². The second kappa shape index (κ2) is 12.8. The van der Waals surface area contributed by atoms with Gasteiger partial charge in [0.15, 0.2) is 6.29 Å². The zero-order valence-electron chi connectivity index (χ0n) is 22.3. The molecule has 5 atom stereocenters. The van der Waals surface area contributed by atoms with Gasteiger partial charge in [0.1, 0.15) is 6.29 Å². The van der Waals surface area contributed by atoms with Gasteiger partial charge in [-0.15, -0.1) is 0 Å². The first kappa shape index (κ1) is 29.2. The van der Waals surface area contributed by atoms with Crippen molar-refractivity contribution in [3.05, 3.63) is 70.4 Å². The fraction of sp³-hybridized carbons (Fsp3) is 0.567. The van der Waals surface area contributed by atoms with Crippen LogP contribution >= 0.6 is 0 Å². The molecule has 1 spiro atoms. The summed E-state index contributed by atoms with van der Waals surface area (Å²) in [6.07, 6.45) is 16.1. The molecular formula is C30H44O5.